The topological polar surface area (TPSA) is 52.6 Å². The van der Waals surface area contributed by atoms with Crippen LogP contribution >= 0.6 is 0 Å². The fraction of sp³-hybridized carbons (Fsp3) is 1.00. The maximum atomic E-state index is 13.2. The SMILES string of the molecule is COC1(F)OS(=O)(=O)C1(C(F)(F)F)C(F)(F)F. The smallest absolute Gasteiger partial charge is 0.325 e. The van der Waals surface area contributed by atoms with Gasteiger partial charge in [0.1, 0.15) is 0 Å². The molecule has 102 valence electrons. The predicted molar refractivity (Wildman–Crippen MR) is 35.7 cm³/mol. The quantitative estimate of drug-likeness (QED) is 0.542. The summed E-state index contributed by atoms with van der Waals surface area (Å²) in [4.78, 5) is 0. The molecule has 0 saturated carbocycles. The first-order valence-corrected chi connectivity index (χ1v) is 5.00. The maximum Gasteiger partial charge on any atom is 0.428 e. The van der Waals surface area contributed by atoms with E-state index in [0.717, 1.165) is 0 Å². The van der Waals surface area contributed by atoms with E-state index < -0.39 is 33.3 Å². The molecular weight excluding hydrogens is 289 g/mol. The minimum atomic E-state index is -6.49. The summed E-state index contributed by atoms with van der Waals surface area (Å²) < 4.78 is 109. The highest BCUT2D eigenvalue weighted by atomic mass is 32.2. The van der Waals surface area contributed by atoms with Gasteiger partial charge in [-0.2, -0.15) is 39.2 Å². The van der Waals surface area contributed by atoms with Crippen LogP contribution in [0.3, 0.4) is 0 Å². The molecule has 0 aromatic heterocycles. The zero-order chi connectivity index (χ0) is 13.9. The van der Waals surface area contributed by atoms with Crippen molar-refractivity contribution in [3.05, 3.63) is 0 Å². The highest BCUT2D eigenvalue weighted by Gasteiger charge is 2.98. The molecule has 17 heavy (non-hydrogen) atoms. The van der Waals surface area contributed by atoms with Gasteiger partial charge >= 0.3 is 33.3 Å². The molecule has 1 unspecified atom stereocenters. The van der Waals surface area contributed by atoms with Gasteiger partial charge in [-0.25, -0.2) is 4.18 Å². The molecule has 1 aliphatic rings. The zero-order valence-electron chi connectivity index (χ0n) is 7.69. The summed E-state index contributed by atoms with van der Waals surface area (Å²) in [5.41, 5.74) is 0. The average molecular weight is 292 g/mol. The summed E-state index contributed by atoms with van der Waals surface area (Å²) in [7, 11) is -6.16. The molecule has 0 radical (unpaired) electrons. The van der Waals surface area contributed by atoms with E-state index in [-0.39, 0.29) is 7.11 Å². The average Bonchev–Trinajstić information content (AvgIpc) is 1.95. The van der Waals surface area contributed by atoms with Crippen molar-refractivity contribution in [3.63, 3.8) is 0 Å². The molecule has 1 fully saturated rings. The molecule has 12 heteroatoms. The third-order valence-corrected chi connectivity index (χ3v) is 3.96. The van der Waals surface area contributed by atoms with Crippen molar-refractivity contribution in [1.82, 2.24) is 0 Å². The molecule has 4 nitrogen and oxygen atoms in total. The van der Waals surface area contributed by atoms with Crippen molar-refractivity contribution in [2.24, 2.45) is 0 Å². The first kappa shape index (κ1) is 14.4. The Balaban J connectivity index is 3.64. The third-order valence-electron chi connectivity index (χ3n) is 2.07. The summed E-state index contributed by atoms with van der Waals surface area (Å²) >= 11 is 0. The number of alkyl halides is 7. The lowest BCUT2D eigenvalue weighted by Gasteiger charge is -2.49. The number of hydrogen-bond donors (Lipinski definition) is 0. The molecule has 1 aliphatic heterocycles. The van der Waals surface area contributed by atoms with Crippen LogP contribution in [0.1, 0.15) is 0 Å². The van der Waals surface area contributed by atoms with Gasteiger partial charge in [-0.05, 0) is 0 Å². The molecule has 0 amide bonds. The van der Waals surface area contributed by atoms with Crippen LogP contribution in [0.25, 0.3) is 0 Å². The van der Waals surface area contributed by atoms with Crippen LogP contribution in [0.2, 0.25) is 0 Å². The van der Waals surface area contributed by atoms with Gasteiger partial charge < -0.3 is 4.74 Å². The Labute approximate surface area is 89.4 Å². The molecule has 1 rings (SSSR count). The first-order chi connectivity index (χ1) is 7.27. The second-order valence-corrected chi connectivity index (χ2v) is 4.64. The van der Waals surface area contributed by atoms with E-state index in [2.05, 4.69) is 8.92 Å². The van der Waals surface area contributed by atoms with Crippen LogP contribution in [0, 0.1) is 0 Å². The second-order valence-electron chi connectivity index (χ2n) is 2.95. The Morgan fingerprint density at radius 3 is 1.53 bits per heavy atom. The predicted octanol–water partition coefficient (Wildman–Crippen LogP) is 1.48. The summed E-state index contributed by atoms with van der Waals surface area (Å²) in [6.45, 7) is 0. The van der Waals surface area contributed by atoms with Gasteiger partial charge in [0.05, 0.1) is 0 Å². The van der Waals surface area contributed by atoms with Crippen molar-refractivity contribution in [3.8, 4) is 0 Å². The van der Waals surface area contributed by atoms with Crippen LogP contribution < -0.4 is 0 Å². The molecule has 1 saturated heterocycles. The Bertz CT molecular complexity index is 409. The Hall–Kier alpha value is -0.620. The van der Waals surface area contributed by atoms with Crippen LogP contribution in [-0.4, -0.2) is 38.7 Å². The van der Waals surface area contributed by atoms with E-state index >= 15 is 0 Å². The molecule has 1 heterocycles. The molecule has 0 N–H and O–H groups in total. The van der Waals surface area contributed by atoms with E-state index in [1.54, 1.807) is 0 Å². The summed E-state index contributed by atoms with van der Waals surface area (Å²) in [6.07, 6.45) is -13.0. The lowest BCUT2D eigenvalue weighted by atomic mass is 10.1. The van der Waals surface area contributed by atoms with Gasteiger partial charge in [0.25, 0.3) is 0 Å². The van der Waals surface area contributed by atoms with Crippen molar-refractivity contribution in [2.45, 2.75) is 23.1 Å². The number of rotatable bonds is 1. The van der Waals surface area contributed by atoms with Gasteiger partial charge in [0.15, 0.2) is 0 Å². The normalized spacial score (nSPS) is 32.0. The van der Waals surface area contributed by atoms with Crippen molar-refractivity contribution in [1.29, 1.82) is 0 Å². The number of hydrogen-bond acceptors (Lipinski definition) is 4. The lowest BCUT2D eigenvalue weighted by Crippen LogP contribution is -2.82. The van der Waals surface area contributed by atoms with Gasteiger partial charge in [-0.3, -0.25) is 0 Å². The molecular formula is C5H3F7O4S. The Morgan fingerprint density at radius 1 is 1.06 bits per heavy atom. The Kier molecular flexibility index (Phi) is 2.74. The molecule has 1 atom stereocenters. The van der Waals surface area contributed by atoms with Crippen LogP contribution in [0.5, 0.6) is 0 Å². The standard InChI is InChI=1S/C5H3F7O4S/c1-15-5(12)2(3(6,7)8,4(9,10)11)17(13,14)16-5/h1H3. The fourth-order valence-electron chi connectivity index (χ4n) is 1.34. The van der Waals surface area contributed by atoms with Crippen molar-refractivity contribution in [2.75, 3.05) is 7.11 Å². The largest absolute Gasteiger partial charge is 0.428 e. The van der Waals surface area contributed by atoms with E-state index in [1.807, 2.05) is 0 Å². The van der Waals surface area contributed by atoms with E-state index in [9.17, 15) is 39.2 Å². The minimum absolute atomic E-state index is 0.112. The second kappa shape index (κ2) is 3.23. The van der Waals surface area contributed by atoms with E-state index in [0.29, 0.717) is 0 Å². The fourth-order valence-corrected chi connectivity index (χ4v) is 2.81. The van der Waals surface area contributed by atoms with Gasteiger partial charge in [-0.15, -0.1) is 0 Å². The first-order valence-electron chi connectivity index (χ1n) is 3.59. The number of halogens is 7. The molecule has 0 spiro atoms. The third kappa shape index (κ3) is 1.40. The van der Waals surface area contributed by atoms with Crippen molar-refractivity contribution < 1.29 is 48.1 Å². The number of methoxy groups -OCH3 is 1. The van der Waals surface area contributed by atoms with Gasteiger partial charge in [0.2, 0.25) is 0 Å². The molecule has 0 aliphatic carbocycles. The molecule has 0 aromatic carbocycles. The van der Waals surface area contributed by atoms with E-state index in [1.165, 1.54) is 0 Å². The summed E-state index contributed by atoms with van der Waals surface area (Å²) in [6, 6.07) is -4.86. The number of ether oxygens (including phenoxy) is 1. The van der Waals surface area contributed by atoms with Crippen LogP contribution in [0.15, 0.2) is 0 Å². The monoisotopic (exact) mass is 292 g/mol. The maximum absolute atomic E-state index is 13.2. The highest BCUT2D eigenvalue weighted by molar-refractivity contribution is 7.89. The molecule has 0 bridgehead atoms. The highest BCUT2D eigenvalue weighted by Crippen LogP contribution is 2.63. The molecule has 0 aromatic rings. The summed E-state index contributed by atoms with van der Waals surface area (Å²) in [5, 5.41) is 0. The zero-order valence-corrected chi connectivity index (χ0v) is 8.50. The lowest BCUT2D eigenvalue weighted by molar-refractivity contribution is -0.419. The van der Waals surface area contributed by atoms with Crippen LogP contribution in [0.4, 0.5) is 30.7 Å². The minimum Gasteiger partial charge on any atom is -0.325 e. The van der Waals surface area contributed by atoms with Crippen molar-refractivity contribution >= 4 is 10.1 Å². The van der Waals surface area contributed by atoms with E-state index in [4.69, 9.17) is 0 Å². The van der Waals surface area contributed by atoms with Gasteiger partial charge in [0, 0.05) is 7.11 Å². The van der Waals surface area contributed by atoms with Gasteiger partial charge in [-0.1, -0.05) is 0 Å². The summed E-state index contributed by atoms with van der Waals surface area (Å²) in [5.74, 6) is 0. The van der Waals surface area contributed by atoms with Crippen LogP contribution in [-0.2, 0) is 19.0 Å². The Morgan fingerprint density at radius 2 is 1.41 bits per heavy atom.